The molecule has 0 atom stereocenters. The Morgan fingerprint density at radius 3 is 2.85 bits per heavy atom. The molecule has 2 aliphatic carbocycles. The molecule has 2 saturated carbocycles. The summed E-state index contributed by atoms with van der Waals surface area (Å²) in [4.78, 5) is 19.7. The summed E-state index contributed by atoms with van der Waals surface area (Å²) in [5.74, 6) is 1.97. The van der Waals surface area contributed by atoms with Gasteiger partial charge in [0, 0.05) is 25.7 Å². The quantitative estimate of drug-likeness (QED) is 0.684. The van der Waals surface area contributed by atoms with Crippen molar-refractivity contribution in [1.82, 2.24) is 19.9 Å². The largest absolute Gasteiger partial charge is 0.477 e. The van der Waals surface area contributed by atoms with Gasteiger partial charge in [0.15, 0.2) is 0 Å². The Labute approximate surface area is 159 Å². The molecule has 7 heteroatoms. The van der Waals surface area contributed by atoms with Gasteiger partial charge in [0.25, 0.3) is 0 Å². The van der Waals surface area contributed by atoms with Crippen molar-refractivity contribution < 1.29 is 14.3 Å². The number of ether oxygens (including phenoxy) is 2. The lowest BCUT2D eigenvalue weighted by Crippen LogP contribution is -2.37. The Morgan fingerprint density at radius 2 is 2.11 bits per heavy atom. The van der Waals surface area contributed by atoms with Gasteiger partial charge in [-0.2, -0.15) is 0 Å². The van der Waals surface area contributed by atoms with Gasteiger partial charge < -0.3 is 19.4 Å². The first-order chi connectivity index (χ1) is 13.1. The maximum atomic E-state index is 10.8. The molecule has 0 bridgehead atoms. The highest BCUT2D eigenvalue weighted by molar-refractivity contribution is 5.82. The number of fused-ring (bicyclic) bond motifs is 1. The van der Waals surface area contributed by atoms with Crippen molar-refractivity contribution in [3.63, 3.8) is 0 Å². The van der Waals surface area contributed by atoms with Crippen molar-refractivity contribution in [3.8, 4) is 5.88 Å². The van der Waals surface area contributed by atoms with E-state index >= 15 is 0 Å². The van der Waals surface area contributed by atoms with Crippen LogP contribution in [0.4, 0.5) is 0 Å². The predicted octanol–water partition coefficient (Wildman–Crippen LogP) is 2.46. The van der Waals surface area contributed by atoms with Crippen LogP contribution in [0.1, 0.15) is 38.3 Å². The molecule has 2 aromatic heterocycles. The molecule has 0 aromatic carbocycles. The average molecular weight is 372 g/mol. The van der Waals surface area contributed by atoms with Gasteiger partial charge in [0.05, 0.1) is 24.7 Å². The zero-order chi connectivity index (χ0) is 18.8. The van der Waals surface area contributed by atoms with Crippen molar-refractivity contribution in [2.45, 2.75) is 52.2 Å². The lowest BCUT2D eigenvalue weighted by atomic mass is 9.83. The van der Waals surface area contributed by atoms with Gasteiger partial charge in [-0.15, -0.1) is 0 Å². The topological polar surface area (TPSA) is 78.3 Å². The van der Waals surface area contributed by atoms with Crippen LogP contribution in [0.15, 0.2) is 12.4 Å². The number of aromatic nitrogens is 3. The minimum atomic E-state index is -0.0177. The molecule has 0 saturated heterocycles. The van der Waals surface area contributed by atoms with Crippen LogP contribution in [-0.4, -0.2) is 46.3 Å². The highest BCUT2D eigenvalue weighted by atomic mass is 16.5. The zero-order valence-corrected chi connectivity index (χ0v) is 16.1. The monoisotopic (exact) mass is 372 g/mol. The summed E-state index contributed by atoms with van der Waals surface area (Å²) < 4.78 is 14.1. The predicted molar refractivity (Wildman–Crippen MR) is 102 cm³/mol. The third-order valence-corrected chi connectivity index (χ3v) is 5.48. The maximum absolute atomic E-state index is 10.8. The van der Waals surface area contributed by atoms with Gasteiger partial charge in [-0.1, -0.05) is 0 Å². The second-order valence-electron chi connectivity index (χ2n) is 7.88. The second kappa shape index (κ2) is 7.84. The molecule has 0 unspecified atom stereocenters. The number of carbonyl (C=O) groups is 1. The van der Waals surface area contributed by atoms with Gasteiger partial charge in [-0.05, 0) is 50.5 Å². The van der Waals surface area contributed by atoms with Crippen LogP contribution in [0.2, 0.25) is 0 Å². The van der Waals surface area contributed by atoms with Crippen LogP contribution >= 0.6 is 0 Å². The fourth-order valence-corrected chi connectivity index (χ4v) is 3.67. The van der Waals surface area contributed by atoms with Crippen molar-refractivity contribution in [2.24, 2.45) is 11.8 Å². The van der Waals surface area contributed by atoms with Gasteiger partial charge in [0.2, 0.25) is 11.8 Å². The third kappa shape index (κ3) is 4.40. The standard InChI is InChI=1S/C20H28N4O3/c1-13-7-18-19(24(13)10-15-3-4-15)22-12-23-20(18)27-11-16-8-17(9-16)26-6-5-21-14(2)25/h7,12,15-17H,3-6,8-11H2,1-2H3,(H,21,25). The van der Waals surface area contributed by atoms with Gasteiger partial charge >= 0.3 is 0 Å². The summed E-state index contributed by atoms with van der Waals surface area (Å²) in [6.07, 6.45) is 6.52. The Bertz CT molecular complexity index is 809. The summed E-state index contributed by atoms with van der Waals surface area (Å²) in [7, 11) is 0. The van der Waals surface area contributed by atoms with E-state index in [2.05, 4.69) is 32.8 Å². The number of rotatable bonds is 9. The van der Waals surface area contributed by atoms with Crippen LogP contribution in [0.25, 0.3) is 11.0 Å². The molecule has 146 valence electrons. The lowest BCUT2D eigenvalue weighted by molar-refractivity contribution is -0.119. The Morgan fingerprint density at radius 1 is 1.30 bits per heavy atom. The van der Waals surface area contributed by atoms with E-state index in [4.69, 9.17) is 9.47 Å². The molecule has 2 aromatic rings. The zero-order valence-electron chi connectivity index (χ0n) is 16.1. The molecule has 7 nitrogen and oxygen atoms in total. The summed E-state index contributed by atoms with van der Waals surface area (Å²) in [6.45, 7) is 6.49. The van der Waals surface area contributed by atoms with E-state index in [0.717, 1.165) is 36.3 Å². The average Bonchev–Trinajstić information content (AvgIpc) is 3.36. The third-order valence-electron chi connectivity index (χ3n) is 5.48. The van der Waals surface area contributed by atoms with Crippen LogP contribution in [-0.2, 0) is 16.1 Å². The van der Waals surface area contributed by atoms with E-state index < -0.39 is 0 Å². The van der Waals surface area contributed by atoms with Crippen LogP contribution < -0.4 is 10.1 Å². The maximum Gasteiger partial charge on any atom is 0.226 e. The number of carbonyl (C=O) groups excluding carboxylic acids is 1. The molecule has 0 radical (unpaired) electrons. The number of hydrogen-bond acceptors (Lipinski definition) is 5. The molecular formula is C20H28N4O3. The summed E-state index contributed by atoms with van der Waals surface area (Å²) >= 11 is 0. The molecule has 1 amide bonds. The van der Waals surface area contributed by atoms with E-state index in [1.54, 1.807) is 6.33 Å². The van der Waals surface area contributed by atoms with Crippen molar-refractivity contribution in [2.75, 3.05) is 19.8 Å². The van der Waals surface area contributed by atoms with E-state index in [-0.39, 0.29) is 12.0 Å². The summed E-state index contributed by atoms with van der Waals surface area (Å²) in [5.41, 5.74) is 2.20. The smallest absolute Gasteiger partial charge is 0.226 e. The van der Waals surface area contributed by atoms with E-state index in [9.17, 15) is 4.79 Å². The van der Waals surface area contributed by atoms with Gasteiger partial charge in [-0.3, -0.25) is 4.79 Å². The van der Waals surface area contributed by atoms with E-state index in [0.29, 0.717) is 31.6 Å². The summed E-state index contributed by atoms with van der Waals surface area (Å²) in [5, 5.41) is 3.75. The lowest BCUT2D eigenvalue weighted by Gasteiger charge is -2.34. The minimum absolute atomic E-state index is 0.0177. The van der Waals surface area contributed by atoms with Gasteiger partial charge in [0.1, 0.15) is 12.0 Å². The number of aryl methyl sites for hydroxylation is 1. The first-order valence-electron chi connectivity index (χ1n) is 9.90. The second-order valence-corrected chi connectivity index (χ2v) is 7.88. The molecular weight excluding hydrogens is 344 g/mol. The van der Waals surface area contributed by atoms with Crippen LogP contribution in [0.3, 0.4) is 0 Å². The number of nitrogens with zero attached hydrogens (tertiary/aromatic N) is 3. The Hall–Kier alpha value is -2.15. The normalized spacial score (nSPS) is 21.9. The number of nitrogens with one attached hydrogen (secondary N) is 1. The highest BCUT2D eigenvalue weighted by Crippen LogP contribution is 2.35. The molecule has 4 rings (SSSR count). The van der Waals surface area contributed by atoms with Crippen molar-refractivity contribution in [3.05, 3.63) is 18.1 Å². The molecule has 0 spiro atoms. The summed E-state index contributed by atoms with van der Waals surface area (Å²) in [6, 6.07) is 2.14. The Kier molecular flexibility index (Phi) is 5.29. The number of hydrogen-bond donors (Lipinski definition) is 1. The highest BCUT2D eigenvalue weighted by Gasteiger charge is 2.31. The molecule has 2 heterocycles. The van der Waals surface area contributed by atoms with Gasteiger partial charge in [-0.25, -0.2) is 9.97 Å². The Balaban J connectivity index is 1.27. The molecule has 1 N–H and O–H groups in total. The van der Waals surface area contributed by atoms with Crippen LogP contribution in [0.5, 0.6) is 5.88 Å². The van der Waals surface area contributed by atoms with Crippen LogP contribution in [0, 0.1) is 18.8 Å². The fraction of sp³-hybridized carbons (Fsp3) is 0.650. The first-order valence-corrected chi connectivity index (χ1v) is 9.90. The SMILES string of the molecule is CC(=O)NCCOC1CC(COc2ncnc3c2cc(C)n3CC2CC2)C1. The minimum Gasteiger partial charge on any atom is -0.477 e. The molecule has 2 fully saturated rings. The molecule has 2 aliphatic rings. The first kappa shape index (κ1) is 18.2. The molecule has 0 aliphatic heterocycles. The van der Waals surface area contributed by atoms with E-state index in [1.807, 2.05) is 0 Å². The fourth-order valence-electron chi connectivity index (χ4n) is 3.67. The van der Waals surface area contributed by atoms with Crippen molar-refractivity contribution >= 4 is 16.9 Å². The van der Waals surface area contributed by atoms with E-state index in [1.165, 1.54) is 25.5 Å². The van der Waals surface area contributed by atoms with Crippen molar-refractivity contribution in [1.29, 1.82) is 0 Å². The molecule has 27 heavy (non-hydrogen) atoms. The number of amides is 1.